The molecular weight excluding hydrogens is 507 g/mol. The highest BCUT2D eigenvalue weighted by atomic mass is 32.2. The summed E-state index contributed by atoms with van der Waals surface area (Å²) < 4.78 is 66.4. The van der Waals surface area contributed by atoms with Gasteiger partial charge in [0.1, 0.15) is 34.3 Å². The lowest BCUT2D eigenvalue weighted by molar-refractivity contribution is 0.0948. The molecule has 1 N–H and O–H groups in total. The van der Waals surface area contributed by atoms with Crippen LogP contribution in [-0.2, 0) is 14.8 Å². The number of hydrogen-bond donors (Lipinski definition) is 1. The van der Waals surface area contributed by atoms with E-state index in [1.54, 1.807) is 37.3 Å². The average molecular weight is 533 g/mol. The maximum atomic E-state index is 13.5. The van der Waals surface area contributed by atoms with Gasteiger partial charge in [0.05, 0.1) is 26.6 Å². The van der Waals surface area contributed by atoms with Crippen LogP contribution < -0.4 is 14.2 Å². The van der Waals surface area contributed by atoms with Crippen molar-refractivity contribution in [2.75, 3.05) is 26.1 Å². The summed E-state index contributed by atoms with van der Waals surface area (Å²) in [5.41, 5.74) is 0.345. The van der Waals surface area contributed by atoms with E-state index in [0.29, 0.717) is 28.7 Å². The summed E-state index contributed by atoms with van der Waals surface area (Å²) >= 11 is 0. The molecule has 0 aliphatic heterocycles. The van der Waals surface area contributed by atoms with Gasteiger partial charge in [0.2, 0.25) is 21.8 Å². The molecule has 2 atom stereocenters. The number of rotatable bonds is 10. The first-order chi connectivity index (χ1) is 17.7. The Morgan fingerprint density at radius 2 is 1.68 bits per heavy atom. The number of nitrogens with zero attached hydrogens (tertiary/aromatic N) is 5. The van der Waals surface area contributed by atoms with Crippen molar-refractivity contribution in [2.45, 2.75) is 25.2 Å². The van der Waals surface area contributed by atoms with Gasteiger partial charge in [-0.25, -0.2) is 22.8 Å². The summed E-state index contributed by atoms with van der Waals surface area (Å²) in [6.07, 6.45) is 0.759. The van der Waals surface area contributed by atoms with Crippen LogP contribution in [0.25, 0.3) is 17.3 Å². The molecule has 37 heavy (non-hydrogen) atoms. The SMILES string of the molecule is COc1cccc(OC)c1-n1c(NS(=O)(=O)[C@@H](C)[C@H](OC)c2ncc(F)cn2)nnc1-c1ccc(C)o1. The van der Waals surface area contributed by atoms with Crippen molar-refractivity contribution in [3.63, 3.8) is 0 Å². The highest BCUT2D eigenvalue weighted by molar-refractivity contribution is 7.93. The molecule has 0 radical (unpaired) electrons. The molecule has 196 valence electrons. The number of furan rings is 1. The molecule has 0 bridgehead atoms. The Balaban J connectivity index is 1.82. The van der Waals surface area contributed by atoms with Gasteiger partial charge < -0.3 is 18.6 Å². The quantitative estimate of drug-likeness (QED) is 0.323. The number of hydrogen-bond acceptors (Lipinski definition) is 10. The van der Waals surface area contributed by atoms with Crippen LogP contribution in [0.5, 0.6) is 11.5 Å². The van der Waals surface area contributed by atoms with Gasteiger partial charge in [0.15, 0.2) is 17.4 Å². The molecule has 0 saturated carbocycles. The molecule has 0 aliphatic carbocycles. The van der Waals surface area contributed by atoms with Gasteiger partial charge in [-0.1, -0.05) is 6.07 Å². The number of ether oxygens (including phenoxy) is 3. The molecule has 1 aromatic carbocycles. The standard InChI is InChI=1S/C23H25FN6O6S/c1-13-9-10-18(36-13)22-27-28-23(30(22)19-16(33-3)7-6-8-17(19)34-4)29-37(31,32)14(2)20(35-5)21-25-11-15(24)12-26-21/h6-12,14,20H,1-5H3,(H,28,29)/t14-,20-/m0/s1. The van der Waals surface area contributed by atoms with Gasteiger partial charge >= 0.3 is 0 Å². The number of benzene rings is 1. The molecule has 0 saturated heterocycles. The molecule has 0 spiro atoms. The highest BCUT2D eigenvalue weighted by Crippen LogP contribution is 2.38. The minimum absolute atomic E-state index is 0.00129. The minimum Gasteiger partial charge on any atom is -0.494 e. The Kier molecular flexibility index (Phi) is 7.40. The van der Waals surface area contributed by atoms with E-state index < -0.39 is 27.2 Å². The third kappa shape index (κ3) is 5.11. The number of para-hydroxylation sites is 1. The number of nitrogens with one attached hydrogen (secondary N) is 1. The first-order valence-corrected chi connectivity index (χ1v) is 12.5. The van der Waals surface area contributed by atoms with E-state index in [1.165, 1.54) is 32.8 Å². The second kappa shape index (κ2) is 10.5. The molecule has 0 aliphatic rings. The molecule has 0 amide bonds. The van der Waals surface area contributed by atoms with Crippen molar-refractivity contribution >= 4 is 16.0 Å². The topological polar surface area (TPSA) is 143 Å². The first-order valence-electron chi connectivity index (χ1n) is 11.0. The van der Waals surface area contributed by atoms with Crippen LogP contribution in [0, 0.1) is 12.7 Å². The van der Waals surface area contributed by atoms with Gasteiger partial charge in [-0.05, 0) is 38.1 Å². The van der Waals surface area contributed by atoms with E-state index in [1.807, 2.05) is 0 Å². The van der Waals surface area contributed by atoms with E-state index in [0.717, 1.165) is 12.4 Å². The summed E-state index contributed by atoms with van der Waals surface area (Å²) in [7, 11) is 0.0467. The molecule has 12 nitrogen and oxygen atoms in total. The predicted octanol–water partition coefficient (Wildman–Crippen LogP) is 3.30. The molecule has 3 heterocycles. The van der Waals surface area contributed by atoms with Crippen molar-refractivity contribution in [2.24, 2.45) is 0 Å². The van der Waals surface area contributed by atoms with E-state index >= 15 is 0 Å². The van der Waals surface area contributed by atoms with Gasteiger partial charge in [-0.15, -0.1) is 10.2 Å². The Morgan fingerprint density at radius 3 is 2.22 bits per heavy atom. The summed E-state index contributed by atoms with van der Waals surface area (Å²) in [6.45, 7) is 3.17. The summed E-state index contributed by atoms with van der Waals surface area (Å²) in [5, 5.41) is 7.06. The molecule has 3 aromatic heterocycles. The van der Waals surface area contributed by atoms with Crippen LogP contribution >= 0.6 is 0 Å². The maximum Gasteiger partial charge on any atom is 0.243 e. The van der Waals surface area contributed by atoms with Crippen LogP contribution in [0.4, 0.5) is 10.3 Å². The van der Waals surface area contributed by atoms with Gasteiger partial charge in [0.25, 0.3) is 0 Å². The van der Waals surface area contributed by atoms with Crippen molar-refractivity contribution < 1.29 is 31.4 Å². The smallest absolute Gasteiger partial charge is 0.243 e. The van der Waals surface area contributed by atoms with E-state index in [9.17, 15) is 12.8 Å². The summed E-state index contributed by atoms with van der Waals surface area (Å²) in [5.74, 6) is 1.08. The third-order valence-electron chi connectivity index (χ3n) is 5.55. The minimum atomic E-state index is -4.20. The maximum absolute atomic E-state index is 13.5. The van der Waals surface area contributed by atoms with Gasteiger partial charge in [-0.2, -0.15) is 0 Å². The number of aryl methyl sites for hydroxylation is 1. The van der Waals surface area contributed by atoms with Gasteiger partial charge in [-0.3, -0.25) is 9.29 Å². The van der Waals surface area contributed by atoms with Crippen molar-refractivity contribution in [1.82, 2.24) is 24.7 Å². The average Bonchev–Trinajstić information content (AvgIpc) is 3.50. The third-order valence-corrected chi connectivity index (χ3v) is 7.24. The van der Waals surface area contributed by atoms with Crippen molar-refractivity contribution in [3.8, 4) is 28.8 Å². The van der Waals surface area contributed by atoms with Crippen LogP contribution in [-0.4, -0.2) is 59.7 Å². The fourth-order valence-electron chi connectivity index (χ4n) is 3.69. The van der Waals surface area contributed by atoms with E-state index in [-0.39, 0.29) is 17.6 Å². The monoisotopic (exact) mass is 532 g/mol. The second-order valence-corrected chi connectivity index (χ2v) is 9.91. The lowest BCUT2D eigenvalue weighted by atomic mass is 10.2. The van der Waals surface area contributed by atoms with Crippen molar-refractivity contribution in [1.29, 1.82) is 0 Å². The van der Waals surface area contributed by atoms with Crippen molar-refractivity contribution in [3.05, 3.63) is 60.1 Å². The largest absolute Gasteiger partial charge is 0.494 e. The van der Waals surface area contributed by atoms with E-state index in [4.69, 9.17) is 18.6 Å². The fraction of sp³-hybridized carbons (Fsp3) is 0.304. The zero-order valence-electron chi connectivity index (χ0n) is 20.7. The molecule has 0 unspecified atom stereocenters. The molecule has 0 fully saturated rings. The summed E-state index contributed by atoms with van der Waals surface area (Å²) in [4.78, 5) is 7.73. The van der Waals surface area contributed by atoms with Crippen LogP contribution in [0.3, 0.4) is 0 Å². The predicted molar refractivity (Wildman–Crippen MR) is 131 cm³/mol. The number of anilines is 1. The lowest BCUT2D eigenvalue weighted by Gasteiger charge is -2.22. The second-order valence-electron chi connectivity index (χ2n) is 7.87. The fourth-order valence-corrected chi connectivity index (χ4v) is 4.82. The molecule has 4 aromatic rings. The zero-order chi connectivity index (χ0) is 26.7. The highest BCUT2D eigenvalue weighted by Gasteiger charge is 2.35. The lowest BCUT2D eigenvalue weighted by Crippen LogP contribution is -2.33. The molecule has 4 rings (SSSR count). The number of halogens is 1. The van der Waals surface area contributed by atoms with Crippen LogP contribution in [0.2, 0.25) is 0 Å². The zero-order valence-corrected chi connectivity index (χ0v) is 21.5. The van der Waals surface area contributed by atoms with Gasteiger partial charge in [0, 0.05) is 7.11 Å². The molecular formula is C23H25FN6O6S. The normalized spacial score (nSPS) is 13.2. The summed E-state index contributed by atoms with van der Waals surface area (Å²) in [6, 6.07) is 8.52. The Labute approximate surface area is 212 Å². The number of sulfonamides is 1. The Hall–Kier alpha value is -4.04. The van der Waals surface area contributed by atoms with Crippen LogP contribution in [0.1, 0.15) is 24.6 Å². The van der Waals surface area contributed by atoms with Crippen LogP contribution in [0.15, 0.2) is 47.1 Å². The Morgan fingerprint density at radius 1 is 1.03 bits per heavy atom. The number of aromatic nitrogens is 5. The first kappa shape index (κ1) is 26.0. The van der Waals surface area contributed by atoms with E-state index in [2.05, 4.69) is 24.9 Å². The number of methoxy groups -OCH3 is 3. The Bertz CT molecular complexity index is 1470. The molecule has 14 heteroatoms.